The average molecular weight is 253 g/mol. The van der Waals surface area contributed by atoms with Crippen LogP contribution in [0.1, 0.15) is 50.4 Å². The Bertz CT molecular complexity index is 310. The van der Waals surface area contributed by atoms with Crippen LogP contribution in [0.15, 0.2) is 17.5 Å². The van der Waals surface area contributed by atoms with Crippen LogP contribution in [0.5, 0.6) is 0 Å². The Kier molecular flexibility index (Phi) is 5.01. The molecule has 96 valence electrons. The molecule has 0 spiro atoms. The average Bonchev–Trinajstić information content (AvgIpc) is 2.83. The first kappa shape index (κ1) is 13.1. The van der Waals surface area contributed by atoms with E-state index >= 15 is 0 Å². The van der Waals surface area contributed by atoms with Crippen molar-refractivity contribution < 1.29 is 4.74 Å². The largest absolute Gasteiger partial charge is 0.378 e. The summed E-state index contributed by atoms with van der Waals surface area (Å²) in [6.07, 6.45) is 5.21. The number of ether oxygens (including phenoxy) is 1. The van der Waals surface area contributed by atoms with Crippen LogP contribution in [0.4, 0.5) is 0 Å². The molecule has 3 unspecified atom stereocenters. The van der Waals surface area contributed by atoms with E-state index in [9.17, 15) is 0 Å². The van der Waals surface area contributed by atoms with Crippen molar-refractivity contribution in [2.45, 2.75) is 57.7 Å². The summed E-state index contributed by atoms with van der Waals surface area (Å²) < 4.78 is 5.78. The van der Waals surface area contributed by atoms with Gasteiger partial charge in [0.2, 0.25) is 0 Å². The van der Waals surface area contributed by atoms with Gasteiger partial charge in [-0.2, -0.15) is 0 Å². The Morgan fingerprint density at radius 2 is 2.47 bits per heavy atom. The monoisotopic (exact) mass is 253 g/mol. The number of hydrogen-bond acceptors (Lipinski definition) is 3. The van der Waals surface area contributed by atoms with Gasteiger partial charge < -0.3 is 10.1 Å². The molecular formula is C14H23NOS. The van der Waals surface area contributed by atoms with Gasteiger partial charge in [-0.1, -0.05) is 19.4 Å². The molecule has 1 aromatic heterocycles. The minimum atomic E-state index is 0.473. The van der Waals surface area contributed by atoms with Gasteiger partial charge in [0.1, 0.15) is 0 Å². The minimum Gasteiger partial charge on any atom is -0.378 e. The van der Waals surface area contributed by atoms with Crippen molar-refractivity contribution in [1.82, 2.24) is 5.32 Å². The van der Waals surface area contributed by atoms with Crippen molar-refractivity contribution in [3.8, 4) is 0 Å². The standard InChI is InChI=1S/C14H23NOS/c1-3-5-13-10-12(7-8-16-13)15-11(2)14-6-4-9-17-14/h4,6,9,11-13,15H,3,5,7-8,10H2,1-2H3. The zero-order chi connectivity index (χ0) is 12.1. The summed E-state index contributed by atoms with van der Waals surface area (Å²) in [6.45, 7) is 5.41. The molecule has 0 bridgehead atoms. The van der Waals surface area contributed by atoms with Gasteiger partial charge in [-0.25, -0.2) is 0 Å². The fraction of sp³-hybridized carbons (Fsp3) is 0.714. The number of hydrogen-bond donors (Lipinski definition) is 1. The van der Waals surface area contributed by atoms with Gasteiger partial charge in [-0.15, -0.1) is 11.3 Å². The molecule has 1 saturated heterocycles. The maximum Gasteiger partial charge on any atom is 0.0589 e. The van der Waals surface area contributed by atoms with E-state index in [1.807, 2.05) is 11.3 Å². The highest BCUT2D eigenvalue weighted by atomic mass is 32.1. The van der Waals surface area contributed by atoms with Crippen LogP contribution >= 0.6 is 11.3 Å². The number of thiophene rings is 1. The highest BCUT2D eigenvalue weighted by molar-refractivity contribution is 7.10. The Morgan fingerprint density at radius 1 is 1.59 bits per heavy atom. The lowest BCUT2D eigenvalue weighted by molar-refractivity contribution is -0.00466. The van der Waals surface area contributed by atoms with Gasteiger partial charge in [0.25, 0.3) is 0 Å². The van der Waals surface area contributed by atoms with Crippen molar-refractivity contribution in [2.75, 3.05) is 6.61 Å². The van der Waals surface area contributed by atoms with Crippen molar-refractivity contribution in [3.63, 3.8) is 0 Å². The number of nitrogens with one attached hydrogen (secondary N) is 1. The fourth-order valence-corrected chi connectivity index (χ4v) is 3.27. The molecule has 2 heterocycles. The highest BCUT2D eigenvalue weighted by Crippen LogP contribution is 2.23. The molecule has 0 radical (unpaired) electrons. The lowest BCUT2D eigenvalue weighted by atomic mass is 9.99. The third kappa shape index (κ3) is 3.80. The second-order valence-corrected chi connectivity index (χ2v) is 5.89. The number of rotatable bonds is 5. The van der Waals surface area contributed by atoms with Gasteiger partial charge in [0, 0.05) is 23.6 Å². The van der Waals surface area contributed by atoms with E-state index in [1.54, 1.807) is 0 Å². The lowest BCUT2D eigenvalue weighted by Crippen LogP contribution is -2.39. The molecule has 1 aliphatic rings. The normalized spacial score (nSPS) is 26.9. The van der Waals surface area contributed by atoms with E-state index in [0.29, 0.717) is 18.2 Å². The van der Waals surface area contributed by atoms with Gasteiger partial charge in [-0.3, -0.25) is 0 Å². The smallest absolute Gasteiger partial charge is 0.0589 e. The van der Waals surface area contributed by atoms with Gasteiger partial charge in [0.05, 0.1) is 6.10 Å². The summed E-state index contributed by atoms with van der Waals surface area (Å²) >= 11 is 1.84. The molecule has 2 nitrogen and oxygen atoms in total. The Balaban J connectivity index is 1.82. The van der Waals surface area contributed by atoms with Crippen LogP contribution < -0.4 is 5.32 Å². The molecule has 0 amide bonds. The van der Waals surface area contributed by atoms with Crippen LogP contribution in [0, 0.1) is 0 Å². The SMILES string of the molecule is CCCC1CC(NC(C)c2cccs2)CCO1. The molecular weight excluding hydrogens is 230 g/mol. The third-order valence-corrected chi connectivity index (χ3v) is 4.49. The molecule has 1 aromatic rings. The topological polar surface area (TPSA) is 21.3 Å². The molecule has 0 aliphatic carbocycles. The second-order valence-electron chi connectivity index (χ2n) is 4.91. The van der Waals surface area contributed by atoms with Crippen molar-refractivity contribution in [1.29, 1.82) is 0 Å². The zero-order valence-corrected chi connectivity index (χ0v) is 11.6. The second kappa shape index (κ2) is 6.53. The Hall–Kier alpha value is -0.380. The minimum absolute atomic E-state index is 0.473. The first-order chi connectivity index (χ1) is 8.29. The summed E-state index contributed by atoms with van der Waals surface area (Å²) in [5, 5.41) is 5.89. The third-order valence-electron chi connectivity index (χ3n) is 3.43. The van der Waals surface area contributed by atoms with Crippen LogP contribution in [-0.4, -0.2) is 18.8 Å². The first-order valence-corrected chi connectivity index (χ1v) is 7.58. The van der Waals surface area contributed by atoms with Gasteiger partial charge in [0.15, 0.2) is 0 Å². The quantitative estimate of drug-likeness (QED) is 0.863. The molecule has 0 saturated carbocycles. The summed E-state index contributed by atoms with van der Waals surface area (Å²) in [5.41, 5.74) is 0. The van der Waals surface area contributed by atoms with E-state index in [1.165, 1.54) is 24.1 Å². The van der Waals surface area contributed by atoms with E-state index in [0.717, 1.165) is 13.0 Å². The predicted molar refractivity (Wildman–Crippen MR) is 73.5 cm³/mol. The highest BCUT2D eigenvalue weighted by Gasteiger charge is 2.23. The maximum absolute atomic E-state index is 5.78. The fourth-order valence-electron chi connectivity index (χ4n) is 2.53. The molecule has 1 N–H and O–H groups in total. The van der Waals surface area contributed by atoms with Crippen LogP contribution in [0.2, 0.25) is 0 Å². The lowest BCUT2D eigenvalue weighted by Gasteiger charge is -2.32. The van der Waals surface area contributed by atoms with E-state index < -0.39 is 0 Å². The van der Waals surface area contributed by atoms with Crippen LogP contribution in [0.25, 0.3) is 0 Å². The summed E-state index contributed by atoms with van der Waals surface area (Å²) in [4.78, 5) is 1.43. The molecule has 1 aliphatic heterocycles. The summed E-state index contributed by atoms with van der Waals surface area (Å²) in [5.74, 6) is 0. The van der Waals surface area contributed by atoms with E-state index in [2.05, 4.69) is 36.7 Å². The Labute approximate surface area is 108 Å². The maximum atomic E-state index is 5.78. The van der Waals surface area contributed by atoms with Crippen molar-refractivity contribution in [2.24, 2.45) is 0 Å². The molecule has 1 fully saturated rings. The summed E-state index contributed by atoms with van der Waals surface area (Å²) in [6, 6.07) is 5.44. The first-order valence-electron chi connectivity index (χ1n) is 6.70. The van der Waals surface area contributed by atoms with Crippen molar-refractivity contribution >= 4 is 11.3 Å². The van der Waals surface area contributed by atoms with E-state index in [4.69, 9.17) is 4.74 Å². The van der Waals surface area contributed by atoms with Crippen LogP contribution in [0.3, 0.4) is 0 Å². The summed E-state index contributed by atoms with van der Waals surface area (Å²) in [7, 11) is 0. The van der Waals surface area contributed by atoms with Gasteiger partial charge in [-0.05, 0) is 37.6 Å². The van der Waals surface area contributed by atoms with Gasteiger partial charge >= 0.3 is 0 Å². The molecule has 2 rings (SSSR count). The van der Waals surface area contributed by atoms with Crippen molar-refractivity contribution in [3.05, 3.63) is 22.4 Å². The van der Waals surface area contributed by atoms with Crippen LogP contribution in [-0.2, 0) is 4.74 Å². The Morgan fingerprint density at radius 3 is 3.18 bits per heavy atom. The predicted octanol–water partition coefficient (Wildman–Crippen LogP) is 3.75. The molecule has 0 aromatic carbocycles. The zero-order valence-electron chi connectivity index (χ0n) is 10.8. The molecule has 3 atom stereocenters. The molecule has 3 heteroatoms. The molecule has 17 heavy (non-hydrogen) atoms. The van der Waals surface area contributed by atoms with E-state index in [-0.39, 0.29) is 0 Å².